The van der Waals surface area contributed by atoms with Gasteiger partial charge in [0.1, 0.15) is 5.82 Å². The lowest BCUT2D eigenvalue weighted by Gasteiger charge is -2.16. The van der Waals surface area contributed by atoms with Gasteiger partial charge in [-0.1, -0.05) is 6.42 Å². The first kappa shape index (κ1) is 13.3. The zero-order valence-electron chi connectivity index (χ0n) is 10.3. The van der Waals surface area contributed by atoms with Gasteiger partial charge in [0.25, 0.3) is 5.69 Å². The van der Waals surface area contributed by atoms with Gasteiger partial charge in [-0.05, 0) is 18.8 Å². The maximum Gasteiger partial charge on any atom is 0.306 e. The van der Waals surface area contributed by atoms with Gasteiger partial charge in [-0.2, -0.15) is 0 Å². The molecule has 0 aromatic carbocycles. The molecule has 102 valence electrons. The van der Waals surface area contributed by atoms with Crippen LogP contribution in [0.15, 0.2) is 18.3 Å². The molecule has 0 saturated heterocycles. The first-order valence-electron chi connectivity index (χ1n) is 6.15. The summed E-state index contributed by atoms with van der Waals surface area (Å²) in [6, 6.07) is 2.67. The van der Waals surface area contributed by atoms with Gasteiger partial charge in [-0.3, -0.25) is 14.9 Å². The summed E-state index contributed by atoms with van der Waals surface area (Å²) in [5, 5.41) is 22.7. The van der Waals surface area contributed by atoms with Crippen LogP contribution in [-0.4, -0.2) is 27.5 Å². The van der Waals surface area contributed by atoms with Crippen LogP contribution in [0.1, 0.15) is 19.3 Å². The van der Waals surface area contributed by atoms with Gasteiger partial charge in [0.2, 0.25) is 0 Å². The number of nitro groups is 1. The molecule has 1 aromatic rings. The van der Waals surface area contributed by atoms with Gasteiger partial charge < -0.3 is 10.4 Å². The summed E-state index contributed by atoms with van der Waals surface area (Å²) in [4.78, 5) is 25.2. The molecule has 0 aliphatic heterocycles. The van der Waals surface area contributed by atoms with E-state index in [9.17, 15) is 14.9 Å². The van der Waals surface area contributed by atoms with Crippen LogP contribution >= 0.6 is 0 Å². The van der Waals surface area contributed by atoms with Crippen molar-refractivity contribution in [2.45, 2.75) is 19.3 Å². The van der Waals surface area contributed by atoms with Crippen molar-refractivity contribution >= 4 is 17.5 Å². The van der Waals surface area contributed by atoms with Crippen molar-refractivity contribution in [3.63, 3.8) is 0 Å². The lowest BCUT2D eigenvalue weighted by atomic mass is 9.96. The molecule has 19 heavy (non-hydrogen) atoms. The summed E-state index contributed by atoms with van der Waals surface area (Å²) >= 11 is 0. The number of pyridine rings is 1. The molecule has 0 radical (unpaired) electrons. The fourth-order valence-corrected chi connectivity index (χ4v) is 2.47. The summed E-state index contributed by atoms with van der Waals surface area (Å²) in [6.45, 7) is 0.477. The average molecular weight is 265 g/mol. The molecule has 7 heteroatoms. The van der Waals surface area contributed by atoms with Crippen molar-refractivity contribution in [2.24, 2.45) is 11.8 Å². The molecule has 1 aliphatic rings. The SMILES string of the molecule is O=C(O)C1CCCC1CNc1cc([N+](=O)[O-])ccn1. The Hall–Kier alpha value is -2.18. The van der Waals surface area contributed by atoms with Crippen molar-refractivity contribution in [3.05, 3.63) is 28.4 Å². The largest absolute Gasteiger partial charge is 0.481 e. The van der Waals surface area contributed by atoms with Crippen molar-refractivity contribution in [3.8, 4) is 0 Å². The molecule has 2 atom stereocenters. The number of hydrogen-bond donors (Lipinski definition) is 2. The van der Waals surface area contributed by atoms with E-state index in [1.807, 2.05) is 0 Å². The molecule has 1 aliphatic carbocycles. The molecule has 0 spiro atoms. The maximum absolute atomic E-state index is 11.0. The molecular formula is C12H15N3O4. The minimum absolute atomic E-state index is 0.0290. The number of carbonyl (C=O) groups is 1. The highest BCUT2D eigenvalue weighted by Gasteiger charge is 2.32. The van der Waals surface area contributed by atoms with E-state index >= 15 is 0 Å². The van der Waals surface area contributed by atoms with Gasteiger partial charge >= 0.3 is 5.97 Å². The van der Waals surface area contributed by atoms with E-state index in [0.29, 0.717) is 18.8 Å². The summed E-state index contributed by atoms with van der Waals surface area (Å²) < 4.78 is 0. The van der Waals surface area contributed by atoms with E-state index in [2.05, 4.69) is 10.3 Å². The zero-order valence-corrected chi connectivity index (χ0v) is 10.3. The molecule has 7 nitrogen and oxygen atoms in total. The zero-order chi connectivity index (χ0) is 13.8. The van der Waals surface area contributed by atoms with Crippen molar-refractivity contribution in [2.75, 3.05) is 11.9 Å². The number of nitrogens with one attached hydrogen (secondary N) is 1. The van der Waals surface area contributed by atoms with Gasteiger partial charge in [-0.15, -0.1) is 0 Å². The lowest BCUT2D eigenvalue weighted by molar-refractivity contribution is -0.384. The summed E-state index contributed by atoms with van der Waals surface area (Å²) in [5.74, 6) is -0.633. The molecule has 2 rings (SSSR count). The number of hydrogen-bond acceptors (Lipinski definition) is 5. The number of anilines is 1. The van der Waals surface area contributed by atoms with Gasteiger partial charge in [0.15, 0.2) is 0 Å². The van der Waals surface area contributed by atoms with Crippen LogP contribution in [-0.2, 0) is 4.79 Å². The van der Waals surface area contributed by atoms with Gasteiger partial charge in [-0.25, -0.2) is 4.98 Å². The predicted molar refractivity (Wildman–Crippen MR) is 67.8 cm³/mol. The van der Waals surface area contributed by atoms with Crippen molar-refractivity contribution in [1.82, 2.24) is 4.98 Å². The van der Waals surface area contributed by atoms with E-state index < -0.39 is 10.9 Å². The predicted octanol–water partition coefficient (Wildman–Crippen LogP) is 1.90. The Bertz CT molecular complexity index is 492. The van der Waals surface area contributed by atoms with Crippen LogP contribution < -0.4 is 5.32 Å². The van der Waals surface area contributed by atoms with Crippen LogP contribution in [0.4, 0.5) is 11.5 Å². The van der Waals surface area contributed by atoms with Gasteiger partial charge in [0.05, 0.1) is 16.9 Å². The fourth-order valence-electron chi connectivity index (χ4n) is 2.47. The Morgan fingerprint density at radius 3 is 3.05 bits per heavy atom. The molecule has 1 fully saturated rings. The third-order valence-corrected chi connectivity index (χ3v) is 3.48. The molecule has 1 aromatic heterocycles. The van der Waals surface area contributed by atoms with Crippen molar-refractivity contribution in [1.29, 1.82) is 0 Å². The van der Waals surface area contributed by atoms with Crippen LogP contribution in [0, 0.1) is 22.0 Å². The van der Waals surface area contributed by atoms with E-state index in [1.165, 1.54) is 18.3 Å². The van der Waals surface area contributed by atoms with E-state index in [-0.39, 0.29) is 17.5 Å². The third-order valence-electron chi connectivity index (χ3n) is 3.48. The summed E-state index contributed by atoms with van der Waals surface area (Å²) in [7, 11) is 0. The van der Waals surface area contributed by atoms with E-state index in [4.69, 9.17) is 5.11 Å². The number of carboxylic acids is 1. The number of aliphatic carboxylic acids is 1. The minimum Gasteiger partial charge on any atom is -0.481 e. The smallest absolute Gasteiger partial charge is 0.306 e. The highest BCUT2D eigenvalue weighted by atomic mass is 16.6. The molecular weight excluding hydrogens is 250 g/mol. The lowest BCUT2D eigenvalue weighted by Crippen LogP contribution is -2.24. The highest BCUT2D eigenvalue weighted by molar-refractivity contribution is 5.70. The standard InChI is InChI=1S/C12H15N3O4/c16-12(17)10-3-1-2-8(10)7-14-11-6-9(15(18)19)4-5-13-11/h4-6,8,10H,1-3,7H2,(H,13,14)(H,16,17). The Morgan fingerprint density at radius 1 is 1.58 bits per heavy atom. The quantitative estimate of drug-likeness (QED) is 0.622. The molecule has 0 amide bonds. The molecule has 1 heterocycles. The Labute approximate surface area is 109 Å². The molecule has 1 saturated carbocycles. The molecule has 0 bridgehead atoms. The van der Waals surface area contributed by atoms with Crippen LogP contribution in [0.2, 0.25) is 0 Å². The van der Waals surface area contributed by atoms with Crippen LogP contribution in [0.25, 0.3) is 0 Å². The van der Waals surface area contributed by atoms with E-state index in [0.717, 1.165) is 12.8 Å². The number of rotatable bonds is 5. The number of aromatic nitrogens is 1. The van der Waals surface area contributed by atoms with E-state index in [1.54, 1.807) is 0 Å². The monoisotopic (exact) mass is 265 g/mol. The first-order valence-corrected chi connectivity index (χ1v) is 6.15. The third kappa shape index (κ3) is 3.18. The highest BCUT2D eigenvalue weighted by Crippen LogP contribution is 2.32. The number of carboxylic acid groups (broad SMARTS) is 1. The van der Waals surface area contributed by atoms with Crippen LogP contribution in [0.5, 0.6) is 0 Å². The second kappa shape index (κ2) is 5.64. The maximum atomic E-state index is 11.0. The molecule has 2 unspecified atom stereocenters. The Balaban J connectivity index is 1.97. The number of nitrogens with zero attached hydrogens (tertiary/aromatic N) is 2. The first-order chi connectivity index (χ1) is 9.08. The molecule has 2 N–H and O–H groups in total. The average Bonchev–Trinajstić information content (AvgIpc) is 2.85. The Morgan fingerprint density at radius 2 is 2.37 bits per heavy atom. The van der Waals surface area contributed by atoms with Crippen LogP contribution in [0.3, 0.4) is 0 Å². The summed E-state index contributed by atoms with van der Waals surface area (Å²) in [6.07, 6.45) is 3.83. The summed E-state index contributed by atoms with van der Waals surface area (Å²) in [5.41, 5.74) is -0.0290. The van der Waals surface area contributed by atoms with Gasteiger partial charge in [0, 0.05) is 18.8 Å². The van der Waals surface area contributed by atoms with Crippen molar-refractivity contribution < 1.29 is 14.8 Å². The second-order valence-corrected chi connectivity index (χ2v) is 4.67. The Kier molecular flexibility index (Phi) is 3.94. The minimum atomic E-state index is -0.767. The fraction of sp³-hybridized carbons (Fsp3) is 0.500. The normalized spacial score (nSPS) is 22.1. The second-order valence-electron chi connectivity index (χ2n) is 4.67. The topological polar surface area (TPSA) is 105 Å².